The Labute approximate surface area is 512 Å². The van der Waals surface area contributed by atoms with E-state index in [9.17, 15) is 0 Å². The summed E-state index contributed by atoms with van der Waals surface area (Å²) in [7, 11) is -1.03. The van der Waals surface area contributed by atoms with Crippen molar-refractivity contribution in [2.75, 3.05) is 26.4 Å². The Morgan fingerprint density at radius 1 is 0.398 bits per heavy atom. The van der Waals surface area contributed by atoms with Gasteiger partial charge in [0.2, 0.25) is 0 Å². The molecule has 0 aromatic heterocycles. The van der Waals surface area contributed by atoms with Gasteiger partial charge in [-0.15, -0.1) is 0 Å². The maximum absolute atomic E-state index is 6.29. The zero-order valence-electron chi connectivity index (χ0n) is 54.1. The summed E-state index contributed by atoms with van der Waals surface area (Å²) >= 11 is 0. The molecule has 5 aromatic rings. The summed E-state index contributed by atoms with van der Waals surface area (Å²) < 4.78 is 58.7. The Bertz CT molecular complexity index is 2570. The summed E-state index contributed by atoms with van der Waals surface area (Å²) in [5.74, 6) is 0. The van der Waals surface area contributed by atoms with Crippen LogP contribution in [0.1, 0.15) is 185 Å². The van der Waals surface area contributed by atoms with Gasteiger partial charge in [-0.25, -0.2) is 0 Å². The van der Waals surface area contributed by atoms with Crippen molar-refractivity contribution >= 4 is 62.9 Å². The van der Waals surface area contributed by atoms with E-state index in [1.807, 2.05) is 27.7 Å². The monoisotopic (exact) mass is 1150 g/mol. The van der Waals surface area contributed by atoms with E-state index in [4.69, 9.17) is 46.5 Å². The molecule has 83 heavy (non-hydrogen) atoms. The van der Waals surface area contributed by atoms with Gasteiger partial charge in [-0.1, -0.05) is 183 Å². The molecule has 4 saturated heterocycles. The number of aryl methyl sites for hydroxylation is 5. The van der Waals surface area contributed by atoms with Crippen LogP contribution in [0.25, 0.3) is 0 Å². The van der Waals surface area contributed by atoms with Gasteiger partial charge in [0.25, 0.3) is 0 Å². The second-order valence-electron chi connectivity index (χ2n) is 25.5. The van der Waals surface area contributed by atoms with Crippen LogP contribution >= 0.6 is 0 Å². The minimum absolute atomic E-state index is 0. The molecule has 0 N–H and O–H groups in total. The van der Waals surface area contributed by atoms with Crippen LogP contribution in [0.15, 0.2) is 121 Å². The highest BCUT2D eigenvalue weighted by Gasteiger charge is 2.58. The zero-order valence-corrected chi connectivity index (χ0v) is 54.1. The Hall–Kier alpha value is -3.98. The molecule has 0 radical (unpaired) electrons. The van der Waals surface area contributed by atoms with Crippen molar-refractivity contribution in [2.45, 2.75) is 217 Å². The summed E-state index contributed by atoms with van der Waals surface area (Å²) in [6, 6.07) is 42.5. The first-order valence-corrected chi connectivity index (χ1v) is 31.4. The summed E-state index contributed by atoms with van der Waals surface area (Å²) in [6.07, 6.45) is 11.4. The third-order valence-corrected chi connectivity index (χ3v) is 16.8. The molecule has 5 aromatic carbocycles. The van der Waals surface area contributed by atoms with E-state index in [0.717, 1.165) is 105 Å². The maximum atomic E-state index is 6.29. The minimum Gasteiger partial charge on any atom is -0.407 e. The van der Waals surface area contributed by atoms with Gasteiger partial charge in [0.15, 0.2) is 0 Å². The van der Waals surface area contributed by atoms with Crippen LogP contribution in [0.3, 0.4) is 0 Å². The van der Waals surface area contributed by atoms with Gasteiger partial charge in [-0.3, -0.25) is 0 Å². The highest BCUT2D eigenvalue weighted by molar-refractivity contribution is 6.63. The second kappa shape index (κ2) is 31.6. The molecule has 10 nitrogen and oxygen atoms in total. The molecule has 1 saturated carbocycles. The van der Waals surface area contributed by atoms with Gasteiger partial charge in [-0.05, 0) is 176 Å². The van der Waals surface area contributed by atoms with Crippen molar-refractivity contribution in [2.24, 2.45) is 5.41 Å². The van der Waals surface area contributed by atoms with Crippen LogP contribution in [-0.2, 0) is 78.6 Å². The number of benzene rings is 5. The topological polar surface area (TPSA) is 92.3 Å². The average Bonchev–Trinajstić information content (AvgIpc) is 4.07. The smallest absolute Gasteiger partial charge is 0.407 e. The molecule has 10 rings (SSSR count). The quantitative estimate of drug-likeness (QED) is 0.100. The molecule has 2 atom stereocenters. The lowest BCUT2D eigenvalue weighted by atomic mass is 9.74. The second-order valence-corrected chi connectivity index (χ2v) is 25.5. The van der Waals surface area contributed by atoms with Crippen LogP contribution in [0.4, 0.5) is 0 Å². The van der Waals surface area contributed by atoms with Gasteiger partial charge in [-0.2, -0.15) is 0 Å². The molecule has 0 spiro atoms. The lowest BCUT2D eigenvalue weighted by Gasteiger charge is -2.43. The van der Waals surface area contributed by atoms with Gasteiger partial charge in [0.1, 0.15) is 0 Å². The van der Waals surface area contributed by atoms with Gasteiger partial charge in [0, 0.05) is 51.2 Å². The summed E-state index contributed by atoms with van der Waals surface area (Å²) in [5, 5.41) is 0. The Balaban J connectivity index is 0.000000544. The number of fused-ring (bicyclic) bond motifs is 1. The Kier molecular flexibility index (Phi) is 25.9. The van der Waals surface area contributed by atoms with Crippen molar-refractivity contribution in [1.29, 1.82) is 0 Å². The van der Waals surface area contributed by atoms with Crippen LogP contribution < -0.4 is 27.3 Å². The molecule has 0 amide bonds. The minimum atomic E-state index is -0.263. The van der Waals surface area contributed by atoms with Crippen molar-refractivity contribution in [1.82, 2.24) is 0 Å². The fraction of sp³-hybridized carbons (Fsp3) is 0.559. The van der Waals surface area contributed by atoms with E-state index in [2.05, 4.69) is 211 Å². The van der Waals surface area contributed by atoms with E-state index in [1.165, 1.54) is 40.7 Å². The van der Waals surface area contributed by atoms with Crippen LogP contribution in [0, 0.1) is 5.41 Å². The van der Waals surface area contributed by atoms with Gasteiger partial charge >= 0.3 is 35.6 Å². The first-order valence-electron chi connectivity index (χ1n) is 31.4. The summed E-state index contributed by atoms with van der Waals surface area (Å²) in [4.78, 5) is 0. The number of hydrogen-bond donors (Lipinski definition) is 0. The van der Waals surface area contributed by atoms with Crippen molar-refractivity contribution in [3.63, 3.8) is 0 Å². The molecule has 4 heterocycles. The third kappa shape index (κ3) is 19.8. The first kappa shape index (κ1) is 68.1. The predicted molar refractivity (Wildman–Crippen MR) is 359 cm³/mol. The molecule has 5 aliphatic rings. The molecular weight excluding hydrogens is 1030 g/mol. The van der Waals surface area contributed by atoms with Gasteiger partial charge < -0.3 is 46.5 Å². The number of rotatable bonds is 14. The van der Waals surface area contributed by atoms with E-state index in [0.29, 0.717) is 0 Å². The SMILES string of the molecule is CCc1ccc(B(OC(C)C)OC(C)C)cc1.CCc1ccc(B2OC(C)(C)C(C)(C)O2)cc1.CCc1ccc(B2OC3(C)CCCCC3(C)O2)cc1.CCc1ccc(B2OCC(C)(C)CO2)cc1.CCc1ccc(B2OCCCO2)cc1.[2HH].[2HH].[2HH].[2HH].[2HH]. The molecule has 15 heteroatoms. The van der Waals surface area contributed by atoms with Crippen molar-refractivity contribution in [3.05, 3.63) is 149 Å². The average molecular weight is 1150 g/mol. The van der Waals surface area contributed by atoms with Crippen LogP contribution in [0.2, 0.25) is 0 Å². The van der Waals surface area contributed by atoms with Crippen molar-refractivity contribution in [3.8, 4) is 0 Å². The zero-order chi connectivity index (χ0) is 60.4. The highest BCUT2D eigenvalue weighted by Crippen LogP contribution is 2.47. The molecule has 458 valence electrons. The molecule has 2 unspecified atom stereocenters. The lowest BCUT2D eigenvalue weighted by molar-refractivity contribution is -0.0556. The predicted octanol–water partition coefficient (Wildman–Crippen LogP) is 13.1. The fourth-order valence-corrected chi connectivity index (χ4v) is 10.2. The Morgan fingerprint density at radius 3 is 1.00 bits per heavy atom. The fourth-order valence-electron chi connectivity index (χ4n) is 10.2. The maximum Gasteiger partial charge on any atom is 0.494 e. The summed E-state index contributed by atoms with van der Waals surface area (Å²) in [6.45, 7) is 39.1. The molecule has 0 bridgehead atoms. The normalized spacial score (nSPS) is 21.3. The third-order valence-electron chi connectivity index (χ3n) is 16.8. The van der Waals surface area contributed by atoms with E-state index in [-0.39, 0.29) is 82.8 Å². The van der Waals surface area contributed by atoms with Crippen molar-refractivity contribution < 1.29 is 53.7 Å². The van der Waals surface area contributed by atoms with Crippen LogP contribution in [0.5, 0.6) is 0 Å². The molecule has 4 aliphatic heterocycles. The Morgan fingerprint density at radius 2 is 0.687 bits per heavy atom. The lowest BCUT2D eigenvalue weighted by Crippen LogP contribution is -2.49. The molecule has 5 fully saturated rings. The molecule has 1 aliphatic carbocycles. The van der Waals surface area contributed by atoms with E-state index < -0.39 is 0 Å². The van der Waals surface area contributed by atoms with Crippen LogP contribution in [-0.4, -0.2) is 96.6 Å². The molecular formula is C68H111B5O10. The highest BCUT2D eigenvalue weighted by atomic mass is 16.7. The van der Waals surface area contributed by atoms with E-state index in [1.54, 1.807) is 0 Å². The first-order chi connectivity index (χ1) is 39.4. The standard InChI is InChI=1S/C16H23BO2.C14H21BO2.C14H23BO2.C13H19BO2.C11H15BO2.5H2/c1-4-13-7-9-14(10-8-13)17-18-15(2)11-5-6-12-16(15,3)19-17;1-6-11-7-9-12(10-8-11)15-16-13(2,3)14(4,5)17-15;1-6-13-7-9-14(10-8-13)15(16-11(2)3)17-12(4)5;1-4-11-5-7-12(8-6-11)14-15-9-13(2,3)10-16-14;1-2-10-4-6-11(7-5-10)12-13-8-3-9-14-12;;;;;/h7-10H,4-6,11-12H2,1-3H3;7-10H,6H2,1-5H3;7-12H,6H2,1-5H3;5-8H,4,9-10H2,1-3H3;4-7H,2-3,8-9H2,1H3;5*1H/i;;;;;5*1+1. The summed E-state index contributed by atoms with van der Waals surface area (Å²) in [5.41, 5.74) is 11.7. The largest absolute Gasteiger partial charge is 0.494 e. The van der Waals surface area contributed by atoms with Gasteiger partial charge in [0.05, 0.1) is 22.4 Å². The number of hydrogen-bond acceptors (Lipinski definition) is 10. The van der Waals surface area contributed by atoms with E-state index >= 15 is 0 Å².